The molecule has 2 aromatic heterocycles. The van der Waals surface area contributed by atoms with Gasteiger partial charge in [0.25, 0.3) is 5.91 Å². The summed E-state index contributed by atoms with van der Waals surface area (Å²) in [6.45, 7) is 13.3. The Kier molecular flexibility index (Phi) is 6.60. The largest absolute Gasteiger partial charge is 0.471 e. The van der Waals surface area contributed by atoms with Gasteiger partial charge in [0.05, 0.1) is 5.69 Å². The van der Waals surface area contributed by atoms with Crippen molar-refractivity contribution in [2.24, 2.45) is 0 Å². The summed E-state index contributed by atoms with van der Waals surface area (Å²) < 4.78 is 9.54. The Labute approximate surface area is 189 Å². The number of aromatic nitrogens is 4. The molecule has 1 fully saturated rings. The van der Waals surface area contributed by atoms with Gasteiger partial charge >= 0.3 is 0 Å². The molecule has 0 unspecified atom stereocenters. The molecule has 8 heteroatoms. The average Bonchev–Trinajstić information content (AvgIpc) is 3.41. The number of benzene rings is 1. The fourth-order valence-corrected chi connectivity index (χ4v) is 3.93. The lowest BCUT2D eigenvalue weighted by Gasteiger charge is -2.34. The second-order valence-electron chi connectivity index (χ2n) is 8.45. The number of amides is 1. The van der Waals surface area contributed by atoms with Crippen molar-refractivity contribution in [3.63, 3.8) is 0 Å². The predicted molar refractivity (Wildman–Crippen MR) is 123 cm³/mol. The van der Waals surface area contributed by atoms with Crippen LogP contribution in [0.5, 0.6) is 5.75 Å². The number of carbonyl (C=O) groups excluding carboxylic acids is 1. The Bertz CT molecular complexity index is 1080. The van der Waals surface area contributed by atoms with Crippen molar-refractivity contribution in [1.29, 1.82) is 0 Å². The SMILES string of the molecule is CCn1cc(CN2CCN(C(=O)c3ccn(COc4cc(C)ccc4C)n3)CC2)c(C)n1. The number of piperazine rings is 1. The van der Waals surface area contributed by atoms with Crippen LogP contribution >= 0.6 is 0 Å². The van der Waals surface area contributed by atoms with Gasteiger partial charge in [-0.1, -0.05) is 12.1 Å². The van der Waals surface area contributed by atoms with Crippen LogP contribution in [0.4, 0.5) is 0 Å². The lowest BCUT2D eigenvalue weighted by molar-refractivity contribution is 0.0620. The molecular weight excluding hydrogens is 404 g/mol. The molecule has 0 N–H and O–H groups in total. The Balaban J connectivity index is 1.29. The normalized spacial score (nSPS) is 14.7. The number of ether oxygens (including phenoxy) is 1. The van der Waals surface area contributed by atoms with Crippen molar-refractivity contribution in [2.45, 2.75) is 47.5 Å². The van der Waals surface area contributed by atoms with Crippen LogP contribution in [0.25, 0.3) is 0 Å². The monoisotopic (exact) mass is 436 g/mol. The lowest BCUT2D eigenvalue weighted by Crippen LogP contribution is -2.48. The highest BCUT2D eigenvalue weighted by atomic mass is 16.5. The summed E-state index contributed by atoms with van der Waals surface area (Å²) in [5, 5.41) is 8.97. The minimum Gasteiger partial charge on any atom is -0.471 e. The molecule has 1 aromatic carbocycles. The zero-order chi connectivity index (χ0) is 22.7. The molecule has 0 atom stereocenters. The minimum absolute atomic E-state index is 0.0230. The van der Waals surface area contributed by atoms with Gasteiger partial charge in [0.1, 0.15) is 5.75 Å². The zero-order valence-electron chi connectivity index (χ0n) is 19.4. The van der Waals surface area contributed by atoms with Crippen LogP contribution in [0.2, 0.25) is 0 Å². The van der Waals surface area contributed by atoms with Crippen LogP contribution in [0.3, 0.4) is 0 Å². The van der Waals surface area contributed by atoms with Crippen molar-refractivity contribution >= 4 is 5.91 Å². The predicted octanol–water partition coefficient (Wildman–Crippen LogP) is 3.02. The first-order valence-corrected chi connectivity index (χ1v) is 11.2. The maximum atomic E-state index is 12.9. The Morgan fingerprint density at radius 2 is 1.81 bits per heavy atom. The Morgan fingerprint density at radius 1 is 1.03 bits per heavy atom. The van der Waals surface area contributed by atoms with Crippen LogP contribution in [-0.2, 0) is 19.8 Å². The van der Waals surface area contributed by atoms with Crippen molar-refractivity contribution < 1.29 is 9.53 Å². The highest BCUT2D eigenvalue weighted by molar-refractivity contribution is 5.92. The van der Waals surface area contributed by atoms with Gasteiger partial charge in [0, 0.05) is 57.2 Å². The van der Waals surface area contributed by atoms with E-state index in [-0.39, 0.29) is 12.6 Å². The highest BCUT2D eigenvalue weighted by Gasteiger charge is 2.24. The van der Waals surface area contributed by atoms with E-state index >= 15 is 0 Å². The fraction of sp³-hybridized carbons (Fsp3) is 0.458. The topological polar surface area (TPSA) is 68.4 Å². The smallest absolute Gasteiger partial charge is 0.274 e. The maximum absolute atomic E-state index is 12.9. The van der Waals surface area contributed by atoms with Crippen LogP contribution in [0, 0.1) is 20.8 Å². The van der Waals surface area contributed by atoms with E-state index in [0.717, 1.165) is 48.7 Å². The van der Waals surface area contributed by atoms with E-state index < -0.39 is 0 Å². The van der Waals surface area contributed by atoms with Crippen molar-refractivity contribution in [2.75, 3.05) is 26.2 Å². The summed E-state index contributed by atoms with van der Waals surface area (Å²) >= 11 is 0. The van der Waals surface area contributed by atoms with Gasteiger partial charge in [0.2, 0.25) is 0 Å². The summed E-state index contributed by atoms with van der Waals surface area (Å²) in [6, 6.07) is 7.88. The third-order valence-electron chi connectivity index (χ3n) is 5.98. The minimum atomic E-state index is -0.0230. The van der Waals surface area contributed by atoms with E-state index in [2.05, 4.69) is 41.2 Å². The van der Waals surface area contributed by atoms with E-state index in [9.17, 15) is 4.79 Å². The molecule has 32 heavy (non-hydrogen) atoms. The number of nitrogens with zero attached hydrogens (tertiary/aromatic N) is 6. The zero-order valence-corrected chi connectivity index (χ0v) is 19.4. The number of carbonyl (C=O) groups is 1. The standard InChI is InChI=1S/C24H32N6O2/c1-5-29-16-21(20(4)25-29)15-27-10-12-28(13-11-27)24(31)22-8-9-30(26-22)17-32-23-14-18(2)6-7-19(23)3/h6-9,14,16H,5,10-13,15,17H2,1-4H3. The van der Waals surface area contributed by atoms with E-state index in [4.69, 9.17) is 4.74 Å². The molecule has 0 aliphatic carbocycles. The molecule has 0 bridgehead atoms. The molecular formula is C24H32N6O2. The average molecular weight is 437 g/mol. The molecule has 0 spiro atoms. The van der Waals surface area contributed by atoms with Gasteiger partial charge in [-0.15, -0.1) is 0 Å². The third-order valence-corrected chi connectivity index (χ3v) is 5.98. The van der Waals surface area contributed by atoms with Gasteiger partial charge in [-0.25, -0.2) is 4.68 Å². The second kappa shape index (κ2) is 9.56. The molecule has 1 aliphatic rings. The summed E-state index contributed by atoms with van der Waals surface area (Å²) in [6.07, 6.45) is 3.92. The second-order valence-corrected chi connectivity index (χ2v) is 8.45. The van der Waals surface area contributed by atoms with Crippen molar-refractivity contribution in [1.82, 2.24) is 29.4 Å². The van der Waals surface area contributed by atoms with E-state index in [1.165, 1.54) is 5.56 Å². The first kappa shape index (κ1) is 22.1. The molecule has 8 nitrogen and oxygen atoms in total. The molecule has 1 amide bonds. The van der Waals surface area contributed by atoms with Gasteiger partial charge in [-0.2, -0.15) is 10.2 Å². The molecule has 0 saturated carbocycles. The number of rotatable bonds is 7. The molecule has 4 rings (SSSR count). The molecule has 1 saturated heterocycles. The van der Waals surface area contributed by atoms with Crippen molar-refractivity contribution in [3.8, 4) is 5.75 Å². The highest BCUT2D eigenvalue weighted by Crippen LogP contribution is 2.19. The summed E-state index contributed by atoms with van der Waals surface area (Å²) in [4.78, 5) is 17.2. The quantitative estimate of drug-likeness (QED) is 0.570. The Hall–Kier alpha value is -3.13. The number of hydrogen-bond acceptors (Lipinski definition) is 5. The van der Waals surface area contributed by atoms with E-state index in [0.29, 0.717) is 18.8 Å². The first-order chi connectivity index (χ1) is 15.4. The summed E-state index contributed by atoms with van der Waals surface area (Å²) in [5.41, 5.74) is 5.03. The number of hydrogen-bond donors (Lipinski definition) is 0. The third kappa shape index (κ3) is 5.02. The van der Waals surface area contributed by atoms with Crippen LogP contribution < -0.4 is 4.74 Å². The lowest BCUT2D eigenvalue weighted by atomic mass is 10.1. The molecule has 1 aliphatic heterocycles. The number of aryl methyl sites for hydroxylation is 4. The Morgan fingerprint density at radius 3 is 2.53 bits per heavy atom. The summed E-state index contributed by atoms with van der Waals surface area (Å²) in [7, 11) is 0. The van der Waals surface area contributed by atoms with E-state index in [1.54, 1.807) is 16.9 Å². The maximum Gasteiger partial charge on any atom is 0.274 e. The van der Waals surface area contributed by atoms with Crippen LogP contribution in [-0.4, -0.2) is 61.4 Å². The van der Waals surface area contributed by atoms with E-state index in [1.807, 2.05) is 35.6 Å². The molecule has 3 heterocycles. The van der Waals surface area contributed by atoms with Crippen molar-refractivity contribution in [3.05, 3.63) is 64.7 Å². The van der Waals surface area contributed by atoms with Crippen LogP contribution in [0.1, 0.15) is 39.8 Å². The van der Waals surface area contributed by atoms with Gasteiger partial charge in [-0.05, 0) is 51.0 Å². The first-order valence-electron chi connectivity index (χ1n) is 11.2. The molecule has 0 radical (unpaired) electrons. The van der Waals surface area contributed by atoms with Gasteiger partial charge in [0.15, 0.2) is 12.4 Å². The van der Waals surface area contributed by atoms with Crippen LogP contribution in [0.15, 0.2) is 36.7 Å². The molecule has 170 valence electrons. The molecule has 3 aromatic rings. The van der Waals surface area contributed by atoms with Gasteiger partial charge in [-0.3, -0.25) is 14.4 Å². The van der Waals surface area contributed by atoms with Gasteiger partial charge < -0.3 is 9.64 Å². The fourth-order valence-electron chi connectivity index (χ4n) is 3.93. The summed E-state index contributed by atoms with van der Waals surface area (Å²) in [5.74, 6) is 0.814.